The molecule has 0 bridgehead atoms. The molecule has 1 aliphatic heterocycles. The summed E-state index contributed by atoms with van der Waals surface area (Å²) in [5.74, 6) is -0.0365. The third-order valence-electron chi connectivity index (χ3n) is 6.73. The summed E-state index contributed by atoms with van der Waals surface area (Å²) in [6.45, 7) is 5.99. The maximum atomic E-state index is 13.7. The van der Waals surface area contributed by atoms with E-state index in [2.05, 4.69) is 12.0 Å². The van der Waals surface area contributed by atoms with Crippen molar-refractivity contribution in [1.29, 1.82) is 0 Å². The van der Waals surface area contributed by atoms with Crippen molar-refractivity contribution in [2.45, 2.75) is 20.3 Å². The number of hydrogen-bond acceptors (Lipinski definition) is 4. The second kappa shape index (κ2) is 9.33. The summed E-state index contributed by atoms with van der Waals surface area (Å²) in [4.78, 5) is 35.2. The Morgan fingerprint density at radius 1 is 0.886 bits per heavy atom. The lowest BCUT2D eigenvalue weighted by atomic mass is 10.0. The highest BCUT2D eigenvalue weighted by molar-refractivity contribution is 6.07. The molecule has 2 amide bonds. The summed E-state index contributed by atoms with van der Waals surface area (Å²) in [6.07, 6.45) is 0.944. The van der Waals surface area contributed by atoms with E-state index in [-0.39, 0.29) is 11.8 Å². The van der Waals surface area contributed by atoms with E-state index in [1.54, 1.807) is 4.68 Å². The Bertz CT molecular complexity index is 1380. The van der Waals surface area contributed by atoms with Crippen LogP contribution in [0.15, 0.2) is 60.7 Å². The van der Waals surface area contributed by atoms with Gasteiger partial charge >= 0.3 is 0 Å². The molecule has 1 aliphatic rings. The number of aromatic nitrogens is 3. The molecular formula is C28H29N5O2. The molecule has 5 rings (SSSR count). The molecule has 0 spiro atoms. The van der Waals surface area contributed by atoms with Crippen LogP contribution in [0.25, 0.3) is 22.3 Å². The Morgan fingerprint density at radius 2 is 1.51 bits per heavy atom. The van der Waals surface area contributed by atoms with Gasteiger partial charge in [-0.25, -0.2) is 4.98 Å². The molecule has 0 aliphatic carbocycles. The first kappa shape index (κ1) is 22.8. The summed E-state index contributed by atoms with van der Waals surface area (Å²) in [5.41, 5.74) is 5.67. The van der Waals surface area contributed by atoms with E-state index in [1.165, 1.54) is 5.56 Å². The second-order valence-electron chi connectivity index (χ2n) is 8.96. The van der Waals surface area contributed by atoms with E-state index in [0.29, 0.717) is 43.0 Å². The number of fused-ring (bicyclic) bond motifs is 1. The molecule has 0 atom stereocenters. The number of rotatable bonds is 4. The maximum Gasteiger partial charge on any atom is 0.254 e. The Morgan fingerprint density at radius 3 is 2.14 bits per heavy atom. The van der Waals surface area contributed by atoms with Gasteiger partial charge in [0.15, 0.2) is 5.65 Å². The Labute approximate surface area is 205 Å². The minimum Gasteiger partial charge on any atom is -0.335 e. The fourth-order valence-electron chi connectivity index (χ4n) is 4.72. The smallest absolute Gasteiger partial charge is 0.254 e. The van der Waals surface area contributed by atoms with Crippen LogP contribution in [0.4, 0.5) is 0 Å². The quantitative estimate of drug-likeness (QED) is 0.453. The van der Waals surface area contributed by atoms with Gasteiger partial charge in [-0.05, 0) is 37.1 Å². The standard InChI is InChI=1S/C28H29N5O2/c1-4-20-10-12-22(13-11-20)27(34)32-14-16-33(17-15-32)28(35)23-18-24(21-8-6-5-7-9-21)29-26-25(23)19(2)30-31(26)3/h5-13,18H,4,14-17H2,1-3H3. The van der Waals surface area contributed by atoms with E-state index >= 15 is 0 Å². The van der Waals surface area contributed by atoms with Crippen LogP contribution in [-0.4, -0.2) is 62.6 Å². The maximum absolute atomic E-state index is 13.7. The highest BCUT2D eigenvalue weighted by Gasteiger charge is 2.28. The Hall–Kier alpha value is -4.00. The molecule has 0 unspecified atom stereocenters. The van der Waals surface area contributed by atoms with Crippen molar-refractivity contribution in [2.75, 3.05) is 26.2 Å². The van der Waals surface area contributed by atoms with Gasteiger partial charge in [0.05, 0.1) is 22.3 Å². The van der Waals surface area contributed by atoms with Crippen molar-refractivity contribution in [3.63, 3.8) is 0 Å². The van der Waals surface area contributed by atoms with E-state index in [1.807, 2.05) is 84.4 Å². The first-order valence-corrected chi connectivity index (χ1v) is 12.0. The Balaban J connectivity index is 1.39. The molecule has 4 aromatic rings. The van der Waals surface area contributed by atoms with E-state index in [0.717, 1.165) is 28.8 Å². The van der Waals surface area contributed by atoms with Gasteiger partial charge in [-0.15, -0.1) is 0 Å². The molecule has 1 fully saturated rings. The SMILES string of the molecule is CCc1ccc(C(=O)N2CCN(C(=O)c3cc(-c4ccccc4)nc4c3c(C)nn4C)CC2)cc1. The van der Waals surface area contributed by atoms with Crippen molar-refractivity contribution >= 4 is 22.8 Å². The number of carbonyl (C=O) groups excluding carboxylic acids is 2. The van der Waals surface area contributed by atoms with Gasteiger partial charge in [0.2, 0.25) is 0 Å². The number of nitrogens with zero attached hydrogens (tertiary/aromatic N) is 5. The summed E-state index contributed by atoms with van der Waals surface area (Å²) in [6, 6.07) is 19.5. The molecule has 35 heavy (non-hydrogen) atoms. The first-order valence-electron chi connectivity index (χ1n) is 12.0. The minimum atomic E-state index is -0.0509. The first-order chi connectivity index (χ1) is 17.0. The van der Waals surface area contributed by atoms with Crippen LogP contribution >= 0.6 is 0 Å². The third kappa shape index (κ3) is 4.30. The molecular weight excluding hydrogens is 438 g/mol. The molecule has 7 heteroatoms. The van der Waals surface area contributed by atoms with Crippen LogP contribution in [0.3, 0.4) is 0 Å². The second-order valence-corrected chi connectivity index (χ2v) is 8.96. The van der Waals surface area contributed by atoms with Crippen LogP contribution in [0, 0.1) is 6.92 Å². The predicted octanol–water partition coefficient (Wildman–Crippen LogP) is 4.10. The zero-order chi connectivity index (χ0) is 24.5. The van der Waals surface area contributed by atoms with Gasteiger partial charge in [-0.1, -0.05) is 49.4 Å². The number of amides is 2. The molecule has 3 heterocycles. The van der Waals surface area contributed by atoms with Crippen LogP contribution < -0.4 is 0 Å². The summed E-state index contributed by atoms with van der Waals surface area (Å²) in [7, 11) is 1.85. The van der Waals surface area contributed by atoms with Gasteiger partial charge in [0, 0.05) is 44.4 Å². The molecule has 1 saturated heterocycles. The number of piperazine rings is 1. The van der Waals surface area contributed by atoms with E-state index < -0.39 is 0 Å². The largest absolute Gasteiger partial charge is 0.335 e. The Kier molecular flexibility index (Phi) is 6.07. The average molecular weight is 468 g/mol. The van der Waals surface area contributed by atoms with Crippen molar-refractivity contribution < 1.29 is 9.59 Å². The molecule has 7 nitrogen and oxygen atoms in total. The highest BCUT2D eigenvalue weighted by Crippen LogP contribution is 2.28. The fourth-order valence-corrected chi connectivity index (χ4v) is 4.72. The van der Waals surface area contributed by atoms with E-state index in [4.69, 9.17) is 4.98 Å². The van der Waals surface area contributed by atoms with E-state index in [9.17, 15) is 9.59 Å². The lowest BCUT2D eigenvalue weighted by Gasteiger charge is -2.35. The molecule has 2 aromatic heterocycles. The van der Waals surface area contributed by atoms with Crippen LogP contribution in [0.2, 0.25) is 0 Å². The number of hydrogen-bond donors (Lipinski definition) is 0. The average Bonchev–Trinajstić information content (AvgIpc) is 3.21. The number of carbonyl (C=O) groups is 2. The van der Waals surface area contributed by atoms with Gasteiger partial charge in [-0.2, -0.15) is 5.10 Å². The van der Waals surface area contributed by atoms with Gasteiger partial charge in [0.1, 0.15) is 0 Å². The van der Waals surface area contributed by atoms with Crippen LogP contribution in [-0.2, 0) is 13.5 Å². The number of benzene rings is 2. The van der Waals surface area contributed by atoms with Crippen molar-refractivity contribution in [3.8, 4) is 11.3 Å². The van der Waals surface area contributed by atoms with Gasteiger partial charge < -0.3 is 9.80 Å². The topological polar surface area (TPSA) is 71.3 Å². The molecule has 0 N–H and O–H groups in total. The normalized spacial score (nSPS) is 13.9. The zero-order valence-electron chi connectivity index (χ0n) is 20.4. The predicted molar refractivity (Wildman–Crippen MR) is 136 cm³/mol. The van der Waals surface area contributed by atoms with Crippen molar-refractivity contribution in [2.24, 2.45) is 7.05 Å². The fraction of sp³-hybridized carbons (Fsp3) is 0.286. The highest BCUT2D eigenvalue weighted by atomic mass is 16.2. The molecule has 178 valence electrons. The minimum absolute atomic E-state index is 0.0144. The van der Waals surface area contributed by atoms with Crippen LogP contribution in [0.5, 0.6) is 0 Å². The van der Waals surface area contributed by atoms with Gasteiger partial charge in [-0.3, -0.25) is 14.3 Å². The monoisotopic (exact) mass is 467 g/mol. The summed E-state index contributed by atoms with van der Waals surface area (Å²) >= 11 is 0. The van der Waals surface area contributed by atoms with Gasteiger partial charge in [0.25, 0.3) is 11.8 Å². The van der Waals surface area contributed by atoms with Crippen molar-refractivity contribution in [3.05, 3.63) is 83.0 Å². The lowest BCUT2D eigenvalue weighted by Crippen LogP contribution is -2.50. The number of pyridine rings is 1. The summed E-state index contributed by atoms with van der Waals surface area (Å²) in [5, 5.41) is 5.31. The third-order valence-corrected chi connectivity index (χ3v) is 6.73. The lowest BCUT2D eigenvalue weighted by molar-refractivity contribution is 0.0536. The summed E-state index contributed by atoms with van der Waals surface area (Å²) < 4.78 is 1.73. The molecule has 0 saturated carbocycles. The van der Waals surface area contributed by atoms with Crippen molar-refractivity contribution in [1.82, 2.24) is 24.6 Å². The zero-order valence-corrected chi connectivity index (χ0v) is 20.4. The van der Waals surface area contributed by atoms with Crippen LogP contribution in [0.1, 0.15) is 38.9 Å². The molecule has 2 aromatic carbocycles. The molecule has 0 radical (unpaired) electrons. The number of aryl methyl sites for hydroxylation is 3.